The van der Waals surface area contributed by atoms with Crippen molar-refractivity contribution in [2.75, 3.05) is 7.11 Å². The summed E-state index contributed by atoms with van der Waals surface area (Å²) >= 11 is 1.65. The van der Waals surface area contributed by atoms with E-state index < -0.39 is 0 Å². The lowest BCUT2D eigenvalue weighted by Crippen LogP contribution is -2.07. The smallest absolute Gasteiger partial charge is 0.196 e. The van der Waals surface area contributed by atoms with Gasteiger partial charge in [0.15, 0.2) is 22.5 Å². The number of benzene rings is 3. The molecule has 0 saturated heterocycles. The first kappa shape index (κ1) is 19.1. The minimum absolute atomic E-state index is 0.286. The number of nitrogens with zero attached hydrogens (tertiary/aromatic N) is 3. The molecule has 0 aliphatic rings. The highest BCUT2D eigenvalue weighted by molar-refractivity contribution is 7.98. The molecule has 0 N–H and O–H groups in total. The number of ether oxygens (including phenoxy) is 2. The molecular formula is C23H21N3O2S. The Kier molecular flexibility index (Phi) is 6.12. The Morgan fingerprint density at radius 3 is 2.17 bits per heavy atom. The van der Waals surface area contributed by atoms with E-state index in [9.17, 15) is 0 Å². The summed E-state index contributed by atoms with van der Waals surface area (Å²) in [4.78, 5) is 0. The van der Waals surface area contributed by atoms with Crippen molar-refractivity contribution in [1.29, 1.82) is 0 Å². The summed E-state index contributed by atoms with van der Waals surface area (Å²) in [5.41, 5.74) is 2.25. The Balaban J connectivity index is 1.59. The molecule has 6 heteroatoms. The van der Waals surface area contributed by atoms with Crippen molar-refractivity contribution < 1.29 is 9.47 Å². The average Bonchev–Trinajstić information content (AvgIpc) is 3.20. The van der Waals surface area contributed by atoms with Crippen LogP contribution in [0.3, 0.4) is 0 Å². The van der Waals surface area contributed by atoms with Gasteiger partial charge in [-0.05, 0) is 29.8 Å². The largest absolute Gasteiger partial charge is 0.493 e. The summed E-state index contributed by atoms with van der Waals surface area (Å²) in [7, 11) is 1.63. The minimum atomic E-state index is 0.286. The first-order chi connectivity index (χ1) is 14.3. The summed E-state index contributed by atoms with van der Waals surface area (Å²) in [5, 5.41) is 9.66. The highest BCUT2D eigenvalue weighted by Crippen LogP contribution is 2.28. The molecule has 0 aliphatic carbocycles. The van der Waals surface area contributed by atoms with Crippen LogP contribution < -0.4 is 9.47 Å². The predicted molar refractivity (Wildman–Crippen MR) is 115 cm³/mol. The Hall–Kier alpha value is -3.25. The van der Waals surface area contributed by atoms with Crippen LogP contribution in [0.25, 0.3) is 5.69 Å². The molecule has 146 valence electrons. The molecule has 0 aliphatic heterocycles. The van der Waals surface area contributed by atoms with E-state index in [1.807, 2.05) is 77.4 Å². The van der Waals surface area contributed by atoms with Gasteiger partial charge < -0.3 is 9.47 Å². The summed E-state index contributed by atoms with van der Waals surface area (Å²) in [6, 6.07) is 28.0. The number of hydrogen-bond donors (Lipinski definition) is 0. The maximum absolute atomic E-state index is 5.99. The molecule has 0 amide bonds. The minimum Gasteiger partial charge on any atom is -0.493 e. The lowest BCUT2D eigenvalue weighted by Gasteiger charge is -2.12. The van der Waals surface area contributed by atoms with E-state index in [2.05, 4.69) is 22.3 Å². The molecule has 29 heavy (non-hydrogen) atoms. The quantitative estimate of drug-likeness (QED) is 0.381. The molecule has 4 aromatic rings. The van der Waals surface area contributed by atoms with Gasteiger partial charge in [0.25, 0.3) is 0 Å². The van der Waals surface area contributed by atoms with Crippen LogP contribution >= 0.6 is 11.8 Å². The van der Waals surface area contributed by atoms with Crippen LogP contribution in [0.15, 0.2) is 90.1 Å². The SMILES string of the molecule is COc1ccccc1OCc1nnc(SCc2ccccc2)n1-c1ccccc1. The van der Waals surface area contributed by atoms with Crippen molar-refractivity contribution >= 4 is 11.8 Å². The average molecular weight is 404 g/mol. The zero-order valence-corrected chi connectivity index (χ0v) is 16.9. The van der Waals surface area contributed by atoms with E-state index in [0.717, 1.165) is 22.4 Å². The van der Waals surface area contributed by atoms with Crippen molar-refractivity contribution in [1.82, 2.24) is 14.8 Å². The number of methoxy groups -OCH3 is 1. The van der Waals surface area contributed by atoms with Gasteiger partial charge in [0, 0.05) is 11.4 Å². The Morgan fingerprint density at radius 1 is 0.793 bits per heavy atom. The summed E-state index contributed by atoms with van der Waals surface area (Å²) < 4.78 is 13.4. The number of hydrogen-bond acceptors (Lipinski definition) is 5. The molecule has 0 unspecified atom stereocenters. The Labute approximate surface area is 174 Å². The second-order valence-electron chi connectivity index (χ2n) is 6.28. The van der Waals surface area contributed by atoms with Gasteiger partial charge in [-0.3, -0.25) is 4.57 Å². The summed E-state index contributed by atoms with van der Waals surface area (Å²) in [6.45, 7) is 0.286. The normalized spacial score (nSPS) is 10.7. The lowest BCUT2D eigenvalue weighted by atomic mass is 10.2. The zero-order valence-electron chi connectivity index (χ0n) is 16.1. The maximum Gasteiger partial charge on any atom is 0.196 e. The molecule has 0 bridgehead atoms. The van der Waals surface area contributed by atoms with E-state index in [0.29, 0.717) is 11.5 Å². The first-order valence-electron chi connectivity index (χ1n) is 9.27. The molecule has 0 spiro atoms. The fraction of sp³-hybridized carbons (Fsp3) is 0.130. The molecule has 0 fully saturated rings. The van der Waals surface area contributed by atoms with Crippen molar-refractivity contribution in [2.45, 2.75) is 17.5 Å². The molecule has 5 nitrogen and oxygen atoms in total. The van der Waals surface area contributed by atoms with Gasteiger partial charge in [0.05, 0.1) is 7.11 Å². The predicted octanol–water partition coefficient (Wildman–Crippen LogP) is 5.15. The third-order valence-corrected chi connectivity index (χ3v) is 5.35. The molecule has 1 heterocycles. The fourth-order valence-corrected chi connectivity index (χ4v) is 3.85. The third kappa shape index (κ3) is 4.60. The number of para-hydroxylation sites is 3. The topological polar surface area (TPSA) is 49.2 Å². The van der Waals surface area contributed by atoms with Gasteiger partial charge in [0.1, 0.15) is 6.61 Å². The van der Waals surface area contributed by atoms with Crippen molar-refractivity contribution in [3.8, 4) is 17.2 Å². The van der Waals surface area contributed by atoms with Gasteiger partial charge in [-0.1, -0.05) is 72.4 Å². The maximum atomic E-state index is 5.99. The van der Waals surface area contributed by atoms with Crippen LogP contribution in [0, 0.1) is 0 Å². The highest BCUT2D eigenvalue weighted by atomic mass is 32.2. The van der Waals surface area contributed by atoms with Crippen LogP contribution in [0.5, 0.6) is 11.5 Å². The monoisotopic (exact) mass is 403 g/mol. The second kappa shape index (κ2) is 9.30. The number of aromatic nitrogens is 3. The van der Waals surface area contributed by atoms with Crippen molar-refractivity contribution in [3.05, 3.63) is 96.3 Å². The third-order valence-electron chi connectivity index (χ3n) is 4.35. The number of thioether (sulfide) groups is 1. The molecule has 1 aromatic heterocycles. The second-order valence-corrected chi connectivity index (χ2v) is 7.23. The first-order valence-corrected chi connectivity index (χ1v) is 10.3. The van der Waals surface area contributed by atoms with Crippen molar-refractivity contribution in [2.24, 2.45) is 0 Å². The Morgan fingerprint density at radius 2 is 1.45 bits per heavy atom. The van der Waals surface area contributed by atoms with E-state index in [4.69, 9.17) is 9.47 Å². The zero-order chi connectivity index (χ0) is 19.9. The molecule has 4 rings (SSSR count). The van der Waals surface area contributed by atoms with Crippen LogP contribution in [0.2, 0.25) is 0 Å². The molecule has 0 atom stereocenters. The highest BCUT2D eigenvalue weighted by Gasteiger charge is 2.16. The van der Waals surface area contributed by atoms with Gasteiger partial charge in [0.2, 0.25) is 0 Å². The lowest BCUT2D eigenvalue weighted by molar-refractivity contribution is 0.274. The standard InChI is InChI=1S/C23H21N3O2S/c1-27-20-14-8-9-15-21(20)28-16-22-24-25-23(26(22)19-12-6-3-7-13-19)29-17-18-10-4-2-5-11-18/h2-15H,16-17H2,1H3. The summed E-state index contributed by atoms with van der Waals surface area (Å²) in [6.07, 6.45) is 0. The fourth-order valence-electron chi connectivity index (χ4n) is 2.93. The molecule has 0 radical (unpaired) electrons. The van der Waals surface area contributed by atoms with Crippen LogP contribution in [0.1, 0.15) is 11.4 Å². The van der Waals surface area contributed by atoms with E-state index in [1.165, 1.54) is 5.56 Å². The van der Waals surface area contributed by atoms with Crippen LogP contribution in [0.4, 0.5) is 0 Å². The van der Waals surface area contributed by atoms with Crippen molar-refractivity contribution in [3.63, 3.8) is 0 Å². The van der Waals surface area contributed by atoms with Crippen LogP contribution in [-0.2, 0) is 12.4 Å². The molecular weight excluding hydrogens is 382 g/mol. The number of rotatable bonds is 8. The molecule has 3 aromatic carbocycles. The van der Waals surface area contributed by atoms with E-state index >= 15 is 0 Å². The van der Waals surface area contributed by atoms with E-state index in [1.54, 1.807) is 18.9 Å². The van der Waals surface area contributed by atoms with Gasteiger partial charge in [-0.25, -0.2) is 0 Å². The van der Waals surface area contributed by atoms with Gasteiger partial charge in [-0.2, -0.15) is 0 Å². The molecule has 0 saturated carbocycles. The summed E-state index contributed by atoms with van der Waals surface area (Å²) in [5.74, 6) is 2.92. The van der Waals surface area contributed by atoms with Gasteiger partial charge >= 0.3 is 0 Å². The Bertz CT molecular complexity index is 1050. The van der Waals surface area contributed by atoms with Crippen LogP contribution in [-0.4, -0.2) is 21.9 Å². The van der Waals surface area contributed by atoms with Gasteiger partial charge in [-0.15, -0.1) is 10.2 Å². The van der Waals surface area contributed by atoms with E-state index in [-0.39, 0.29) is 6.61 Å².